The maximum Gasteiger partial charge on any atom is 0.194 e. The summed E-state index contributed by atoms with van der Waals surface area (Å²) in [4.78, 5) is 18.3. The lowest BCUT2D eigenvalue weighted by Gasteiger charge is -2.16. The van der Waals surface area contributed by atoms with Crippen LogP contribution in [0.25, 0.3) is 10.9 Å². The highest BCUT2D eigenvalue weighted by molar-refractivity contribution is 9.10. The molecule has 0 aliphatic carbocycles. The van der Waals surface area contributed by atoms with Gasteiger partial charge in [0.05, 0.1) is 0 Å². The molecular formula is C15H17BrN2O. The molecule has 2 aromatic rings. The van der Waals surface area contributed by atoms with Crippen LogP contribution in [0.4, 0.5) is 0 Å². The number of aromatic nitrogens is 1. The molecule has 3 rings (SSSR count). The summed E-state index contributed by atoms with van der Waals surface area (Å²) in [6, 6.07) is 5.81. The lowest BCUT2D eigenvalue weighted by atomic mass is 10.1. The van der Waals surface area contributed by atoms with E-state index in [4.69, 9.17) is 0 Å². The number of fused-ring (bicyclic) bond motifs is 1. The molecule has 0 unspecified atom stereocenters. The summed E-state index contributed by atoms with van der Waals surface area (Å²) in [7, 11) is 0. The van der Waals surface area contributed by atoms with Crippen LogP contribution in [0, 0.1) is 6.92 Å². The fourth-order valence-corrected chi connectivity index (χ4v) is 3.14. The summed E-state index contributed by atoms with van der Waals surface area (Å²) in [6.45, 7) is 4.97. The van der Waals surface area contributed by atoms with Crippen LogP contribution in [-0.4, -0.2) is 23.0 Å². The number of halogens is 1. The number of nitrogens with zero attached hydrogens (tertiary/aromatic N) is 1. The van der Waals surface area contributed by atoms with E-state index in [1.165, 1.54) is 12.8 Å². The van der Waals surface area contributed by atoms with E-state index >= 15 is 0 Å². The first-order chi connectivity index (χ1) is 9.15. The highest BCUT2D eigenvalue weighted by Crippen LogP contribution is 2.19. The highest BCUT2D eigenvalue weighted by atomic mass is 79.9. The zero-order chi connectivity index (χ0) is 13.4. The lowest BCUT2D eigenvalue weighted by Crippen LogP contribution is -2.24. The molecular weight excluding hydrogens is 304 g/mol. The van der Waals surface area contributed by atoms with Crippen molar-refractivity contribution in [2.75, 3.05) is 13.1 Å². The number of aromatic amines is 1. The van der Waals surface area contributed by atoms with Gasteiger partial charge in [-0.25, -0.2) is 0 Å². The van der Waals surface area contributed by atoms with Crippen LogP contribution < -0.4 is 5.43 Å². The van der Waals surface area contributed by atoms with Crippen molar-refractivity contribution >= 4 is 26.8 Å². The molecule has 0 spiro atoms. The van der Waals surface area contributed by atoms with E-state index < -0.39 is 0 Å². The van der Waals surface area contributed by atoms with Crippen molar-refractivity contribution < 1.29 is 0 Å². The average Bonchev–Trinajstić information content (AvgIpc) is 2.89. The van der Waals surface area contributed by atoms with E-state index in [0.29, 0.717) is 0 Å². The summed E-state index contributed by atoms with van der Waals surface area (Å²) in [5.74, 6) is 0. The second-order valence-corrected chi connectivity index (χ2v) is 6.15. The van der Waals surface area contributed by atoms with Gasteiger partial charge < -0.3 is 4.98 Å². The van der Waals surface area contributed by atoms with Gasteiger partial charge in [0, 0.05) is 33.2 Å². The van der Waals surface area contributed by atoms with E-state index in [1.807, 2.05) is 25.1 Å². The standard InChI is InChI=1S/C15H17BrN2O/c1-10-13(9-18-6-2-3-7-18)15(19)12-8-11(16)4-5-14(12)17-10/h4-5,8H,2-3,6-7,9H2,1H3,(H,17,19). The van der Waals surface area contributed by atoms with Gasteiger partial charge in [-0.15, -0.1) is 0 Å². The zero-order valence-corrected chi connectivity index (χ0v) is 12.6. The Bertz CT molecular complexity index is 672. The Balaban J connectivity index is 2.10. The first-order valence-electron chi connectivity index (χ1n) is 6.68. The largest absolute Gasteiger partial charge is 0.358 e. The summed E-state index contributed by atoms with van der Waals surface area (Å²) in [5, 5.41) is 0.772. The average molecular weight is 321 g/mol. The van der Waals surface area contributed by atoms with E-state index in [1.54, 1.807) is 0 Å². The quantitative estimate of drug-likeness (QED) is 0.922. The molecule has 1 N–H and O–H groups in total. The first kappa shape index (κ1) is 12.9. The predicted molar refractivity (Wildman–Crippen MR) is 81.5 cm³/mol. The molecule has 1 fully saturated rings. The molecule has 2 heterocycles. The minimum Gasteiger partial charge on any atom is -0.358 e. The van der Waals surface area contributed by atoms with Gasteiger partial charge >= 0.3 is 0 Å². The van der Waals surface area contributed by atoms with Crippen LogP contribution in [0.5, 0.6) is 0 Å². The Labute approximate surface area is 120 Å². The van der Waals surface area contributed by atoms with E-state index in [-0.39, 0.29) is 5.43 Å². The van der Waals surface area contributed by atoms with Crippen molar-refractivity contribution in [2.45, 2.75) is 26.3 Å². The number of aryl methyl sites for hydroxylation is 1. The fraction of sp³-hybridized carbons (Fsp3) is 0.400. The normalized spacial score (nSPS) is 16.3. The Morgan fingerprint density at radius 3 is 2.79 bits per heavy atom. The molecule has 0 bridgehead atoms. The minimum absolute atomic E-state index is 0.166. The molecule has 4 heteroatoms. The van der Waals surface area contributed by atoms with E-state index in [9.17, 15) is 4.79 Å². The minimum atomic E-state index is 0.166. The van der Waals surface area contributed by atoms with Crippen LogP contribution in [-0.2, 0) is 6.54 Å². The molecule has 0 amide bonds. The Morgan fingerprint density at radius 2 is 2.05 bits per heavy atom. The number of hydrogen-bond donors (Lipinski definition) is 1. The van der Waals surface area contributed by atoms with Gasteiger partial charge in [-0.2, -0.15) is 0 Å². The Morgan fingerprint density at radius 1 is 1.32 bits per heavy atom. The van der Waals surface area contributed by atoms with Crippen molar-refractivity contribution in [3.63, 3.8) is 0 Å². The van der Waals surface area contributed by atoms with Gasteiger partial charge in [-0.05, 0) is 51.1 Å². The van der Waals surface area contributed by atoms with Crippen LogP contribution in [0.2, 0.25) is 0 Å². The molecule has 0 saturated carbocycles. The van der Waals surface area contributed by atoms with Crippen LogP contribution in [0.15, 0.2) is 27.5 Å². The van der Waals surface area contributed by atoms with E-state index in [2.05, 4.69) is 25.8 Å². The Hall–Kier alpha value is -1.13. The second-order valence-electron chi connectivity index (χ2n) is 5.23. The predicted octanol–water partition coefficient (Wildman–Crippen LogP) is 3.19. The summed E-state index contributed by atoms with van der Waals surface area (Å²) >= 11 is 3.43. The number of pyridine rings is 1. The van der Waals surface area contributed by atoms with Gasteiger partial charge in [-0.1, -0.05) is 15.9 Å². The van der Waals surface area contributed by atoms with Crippen molar-refractivity contribution in [1.29, 1.82) is 0 Å². The van der Waals surface area contributed by atoms with Crippen LogP contribution in [0.1, 0.15) is 24.1 Å². The molecule has 0 atom stereocenters. The van der Waals surface area contributed by atoms with Gasteiger partial charge in [-0.3, -0.25) is 9.69 Å². The van der Waals surface area contributed by atoms with Crippen molar-refractivity contribution in [2.24, 2.45) is 0 Å². The van der Waals surface area contributed by atoms with Crippen molar-refractivity contribution in [1.82, 2.24) is 9.88 Å². The first-order valence-corrected chi connectivity index (χ1v) is 7.48. The third-order valence-corrected chi connectivity index (χ3v) is 4.35. The molecule has 1 saturated heterocycles. The number of hydrogen-bond acceptors (Lipinski definition) is 2. The number of benzene rings is 1. The fourth-order valence-electron chi connectivity index (χ4n) is 2.78. The maximum atomic E-state index is 12.6. The summed E-state index contributed by atoms with van der Waals surface area (Å²) in [6.07, 6.45) is 2.49. The SMILES string of the molecule is Cc1[nH]c2ccc(Br)cc2c(=O)c1CN1CCCC1. The molecule has 1 aromatic carbocycles. The molecule has 0 radical (unpaired) electrons. The molecule has 3 nitrogen and oxygen atoms in total. The maximum absolute atomic E-state index is 12.6. The molecule has 1 aromatic heterocycles. The van der Waals surface area contributed by atoms with Gasteiger partial charge in [0.25, 0.3) is 0 Å². The van der Waals surface area contributed by atoms with Gasteiger partial charge in [0.1, 0.15) is 0 Å². The van der Waals surface area contributed by atoms with Gasteiger partial charge in [0.15, 0.2) is 5.43 Å². The summed E-state index contributed by atoms with van der Waals surface area (Å²) < 4.78 is 0.946. The zero-order valence-electron chi connectivity index (χ0n) is 11.0. The van der Waals surface area contributed by atoms with Crippen molar-refractivity contribution in [3.05, 3.63) is 44.2 Å². The summed E-state index contributed by atoms with van der Waals surface area (Å²) in [5.41, 5.74) is 2.98. The molecule has 100 valence electrons. The van der Waals surface area contributed by atoms with Crippen molar-refractivity contribution in [3.8, 4) is 0 Å². The van der Waals surface area contributed by atoms with Crippen LogP contribution in [0.3, 0.4) is 0 Å². The van der Waals surface area contributed by atoms with Gasteiger partial charge in [0.2, 0.25) is 0 Å². The smallest absolute Gasteiger partial charge is 0.194 e. The highest BCUT2D eigenvalue weighted by Gasteiger charge is 2.16. The second kappa shape index (κ2) is 5.10. The van der Waals surface area contributed by atoms with Crippen LogP contribution >= 0.6 is 15.9 Å². The number of H-pyrrole nitrogens is 1. The molecule has 19 heavy (non-hydrogen) atoms. The molecule has 1 aliphatic heterocycles. The Kier molecular flexibility index (Phi) is 3.46. The third kappa shape index (κ3) is 2.47. The number of rotatable bonds is 2. The molecule has 1 aliphatic rings. The third-order valence-electron chi connectivity index (χ3n) is 3.86. The number of nitrogens with one attached hydrogen (secondary N) is 1. The topological polar surface area (TPSA) is 36.1 Å². The van der Waals surface area contributed by atoms with E-state index in [0.717, 1.165) is 46.3 Å². The number of likely N-dealkylation sites (tertiary alicyclic amines) is 1. The monoisotopic (exact) mass is 320 g/mol. The lowest BCUT2D eigenvalue weighted by molar-refractivity contribution is 0.329.